The first-order valence-electron chi connectivity index (χ1n) is 12.1. The van der Waals surface area contributed by atoms with Crippen LogP contribution in [0.3, 0.4) is 0 Å². The van der Waals surface area contributed by atoms with Crippen LogP contribution < -0.4 is 16.0 Å². The van der Waals surface area contributed by atoms with Crippen molar-refractivity contribution in [3.8, 4) is 5.75 Å². The van der Waals surface area contributed by atoms with Gasteiger partial charge < -0.3 is 26.2 Å². The number of carbonyl (C=O) groups is 2. The number of amides is 2. The SMILES string of the molecule is Cc1ccc(CCNC(=O)c2cccc(CC(C)(C)NC[C@H](O)c3ccc(O)c(NC=O)c3)c2)cc1. The second kappa shape index (κ2) is 12.3. The number of benzene rings is 3. The van der Waals surface area contributed by atoms with E-state index in [-0.39, 0.29) is 29.4 Å². The summed E-state index contributed by atoms with van der Waals surface area (Å²) < 4.78 is 0. The predicted molar refractivity (Wildman–Crippen MR) is 142 cm³/mol. The first kappa shape index (κ1) is 26.9. The number of aliphatic hydroxyl groups excluding tert-OH is 1. The number of nitrogens with one attached hydrogen (secondary N) is 3. The van der Waals surface area contributed by atoms with E-state index in [0.29, 0.717) is 30.5 Å². The average molecular weight is 490 g/mol. The molecule has 0 radical (unpaired) electrons. The van der Waals surface area contributed by atoms with Gasteiger partial charge in [0.1, 0.15) is 5.75 Å². The predicted octanol–water partition coefficient (Wildman–Crippen LogP) is 3.89. The number of aliphatic hydroxyl groups is 1. The molecule has 0 fully saturated rings. The third-order valence-electron chi connectivity index (χ3n) is 6.05. The third kappa shape index (κ3) is 7.93. The fourth-order valence-electron chi connectivity index (χ4n) is 4.00. The molecule has 0 aliphatic rings. The molecule has 0 unspecified atom stereocenters. The monoisotopic (exact) mass is 489 g/mol. The summed E-state index contributed by atoms with van der Waals surface area (Å²) in [6.45, 7) is 6.96. The summed E-state index contributed by atoms with van der Waals surface area (Å²) >= 11 is 0. The van der Waals surface area contributed by atoms with Crippen LogP contribution in [0.4, 0.5) is 5.69 Å². The van der Waals surface area contributed by atoms with E-state index in [1.807, 2.05) is 38.1 Å². The molecule has 0 saturated carbocycles. The summed E-state index contributed by atoms with van der Waals surface area (Å²) in [6, 6.07) is 20.5. The molecule has 0 spiro atoms. The molecular formula is C29H35N3O4. The van der Waals surface area contributed by atoms with Gasteiger partial charge in [0.15, 0.2) is 0 Å². The van der Waals surface area contributed by atoms with Crippen LogP contribution in [0, 0.1) is 6.92 Å². The Hall–Kier alpha value is -3.68. The molecule has 3 aromatic rings. The minimum atomic E-state index is -0.831. The number of aromatic hydroxyl groups is 1. The number of hydrogen-bond acceptors (Lipinski definition) is 5. The van der Waals surface area contributed by atoms with Crippen LogP contribution in [-0.2, 0) is 17.6 Å². The van der Waals surface area contributed by atoms with Gasteiger partial charge in [0.05, 0.1) is 11.8 Å². The highest BCUT2D eigenvalue weighted by atomic mass is 16.3. The minimum Gasteiger partial charge on any atom is -0.506 e. The number of anilines is 1. The van der Waals surface area contributed by atoms with E-state index in [2.05, 4.69) is 47.1 Å². The van der Waals surface area contributed by atoms with Crippen molar-refractivity contribution in [2.45, 2.75) is 45.3 Å². The van der Waals surface area contributed by atoms with Crippen molar-refractivity contribution in [2.24, 2.45) is 0 Å². The molecule has 5 N–H and O–H groups in total. The molecule has 36 heavy (non-hydrogen) atoms. The molecule has 190 valence electrons. The van der Waals surface area contributed by atoms with Crippen molar-refractivity contribution >= 4 is 18.0 Å². The summed E-state index contributed by atoms with van der Waals surface area (Å²) in [5.41, 5.74) is 4.49. The van der Waals surface area contributed by atoms with Crippen molar-refractivity contribution in [1.29, 1.82) is 0 Å². The van der Waals surface area contributed by atoms with Crippen LogP contribution in [0.15, 0.2) is 66.7 Å². The van der Waals surface area contributed by atoms with Crippen molar-refractivity contribution in [3.63, 3.8) is 0 Å². The molecule has 1 atom stereocenters. The van der Waals surface area contributed by atoms with E-state index in [4.69, 9.17) is 0 Å². The molecular weight excluding hydrogens is 454 g/mol. The van der Waals surface area contributed by atoms with E-state index >= 15 is 0 Å². The number of carbonyl (C=O) groups excluding carboxylic acids is 2. The lowest BCUT2D eigenvalue weighted by atomic mass is 9.93. The Balaban J connectivity index is 1.53. The van der Waals surface area contributed by atoms with E-state index in [0.717, 1.165) is 12.0 Å². The maximum absolute atomic E-state index is 12.7. The molecule has 0 heterocycles. The van der Waals surface area contributed by atoms with Gasteiger partial charge in [-0.2, -0.15) is 0 Å². The molecule has 7 heteroatoms. The molecule has 0 aliphatic carbocycles. The van der Waals surface area contributed by atoms with Crippen LogP contribution in [0.5, 0.6) is 5.75 Å². The van der Waals surface area contributed by atoms with Gasteiger partial charge in [0.2, 0.25) is 6.41 Å². The highest BCUT2D eigenvalue weighted by Crippen LogP contribution is 2.27. The Labute approximate surface area is 212 Å². The largest absolute Gasteiger partial charge is 0.506 e. The fraction of sp³-hybridized carbons (Fsp3) is 0.310. The first-order chi connectivity index (χ1) is 17.2. The first-order valence-corrected chi connectivity index (χ1v) is 12.1. The van der Waals surface area contributed by atoms with Crippen LogP contribution in [0.1, 0.15) is 52.6 Å². The lowest BCUT2D eigenvalue weighted by Crippen LogP contribution is -2.43. The van der Waals surface area contributed by atoms with Crippen LogP contribution >= 0.6 is 0 Å². The summed E-state index contributed by atoms with van der Waals surface area (Å²) in [5, 5.41) is 29.2. The average Bonchev–Trinajstić information content (AvgIpc) is 2.85. The Morgan fingerprint density at radius 1 is 1.03 bits per heavy atom. The molecule has 2 amide bonds. The van der Waals surface area contributed by atoms with E-state index in [9.17, 15) is 19.8 Å². The van der Waals surface area contributed by atoms with Crippen molar-refractivity contribution in [3.05, 3.63) is 94.5 Å². The van der Waals surface area contributed by atoms with Gasteiger partial charge in [-0.3, -0.25) is 9.59 Å². The Morgan fingerprint density at radius 3 is 2.50 bits per heavy atom. The van der Waals surface area contributed by atoms with Crippen molar-refractivity contribution < 1.29 is 19.8 Å². The van der Waals surface area contributed by atoms with Crippen LogP contribution in [0.2, 0.25) is 0 Å². The van der Waals surface area contributed by atoms with Crippen LogP contribution in [0.25, 0.3) is 0 Å². The van der Waals surface area contributed by atoms with E-state index in [1.165, 1.54) is 17.2 Å². The molecule has 7 nitrogen and oxygen atoms in total. The Bertz CT molecular complexity index is 1180. The van der Waals surface area contributed by atoms with Gasteiger partial charge >= 0.3 is 0 Å². The maximum atomic E-state index is 12.7. The fourth-order valence-corrected chi connectivity index (χ4v) is 4.00. The molecule has 0 saturated heterocycles. The lowest BCUT2D eigenvalue weighted by molar-refractivity contribution is -0.105. The molecule has 3 rings (SSSR count). The zero-order valence-corrected chi connectivity index (χ0v) is 21.0. The topological polar surface area (TPSA) is 111 Å². The molecule has 3 aromatic carbocycles. The normalized spacial score (nSPS) is 12.1. The van der Waals surface area contributed by atoms with E-state index < -0.39 is 6.10 Å². The van der Waals surface area contributed by atoms with Gasteiger partial charge in [-0.25, -0.2) is 0 Å². The van der Waals surface area contributed by atoms with E-state index in [1.54, 1.807) is 12.1 Å². The number of β-amino-alcohol motifs (C(OH)–C–C–N with tert-alkyl or cyclic N) is 1. The van der Waals surface area contributed by atoms with Gasteiger partial charge in [-0.15, -0.1) is 0 Å². The van der Waals surface area contributed by atoms with Gasteiger partial charge in [-0.1, -0.05) is 48.0 Å². The number of aryl methyl sites for hydroxylation is 1. The molecule has 0 aromatic heterocycles. The standard InChI is InChI=1S/C29H35N3O4/c1-20-7-9-21(10-8-20)13-14-30-28(36)24-6-4-5-22(15-24)17-29(2,3)32-18-27(35)23-11-12-26(34)25(16-23)31-19-33/h4-12,15-16,19,27,32,34-35H,13-14,17-18H2,1-3H3,(H,30,36)(H,31,33)/t27-/m0/s1. The van der Waals surface area contributed by atoms with Gasteiger partial charge in [0, 0.05) is 24.2 Å². The smallest absolute Gasteiger partial charge is 0.251 e. The number of rotatable bonds is 12. The summed E-state index contributed by atoms with van der Waals surface area (Å²) in [5.74, 6) is -0.164. The van der Waals surface area contributed by atoms with Crippen molar-refractivity contribution in [2.75, 3.05) is 18.4 Å². The third-order valence-corrected chi connectivity index (χ3v) is 6.05. The van der Waals surface area contributed by atoms with Gasteiger partial charge in [-0.05, 0) is 74.6 Å². The lowest BCUT2D eigenvalue weighted by Gasteiger charge is -2.28. The zero-order chi connectivity index (χ0) is 26.1. The molecule has 0 aliphatic heterocycles. The number of hydrogen-bond donors (Lipinski definition) is 5. The Kier molecular flexibility index (Phi) is 9.22. The molecule has 0 bridgehead atoms. The summed E-state index contributed by atoms with van der Waals surface area (Å²) in [7, 11) is 0. The highest BCUT2D eigenvalue weighted by Gasteiger charge is 2.21. The van der Waals surface area contributed by atoms with Gasteiger partial charge in [0.25, 0.3) is 5.91 Å². The van der Waals surface area contributed by atoms with Crippen molar-refractivity contribution in [1.82, 2.24) is 10.6 Å². The maximum Gasteiger partial charge on any atom is 0.251 e. The summed E-state index contributed by atoms with van der Waals surface area (Å²) in [6.07, 6.45) is 1.07. The number of phenols is 1. The minimum absolute atomic E-state index is 0.0644. The Morgan fingerprint density at radius 2 is 1.78 bits per heavy atom. The second-order valence-electron chi connectivity index (χ2n) is 9.69. The summed E-state index contributed by atoms with van der Waals surface area (Å²) in [4.78, 5) is 23.4. The quantitative estimate of drug-likeness (QED) is 0.196. The highest BCUT2D eigenvalue weighted by molar-refractivity contribution is 5.94. The van der Waals surface area contributed by atoms with Crippen LogP contribution in [-0.4, -0.2) is 41.2 Å². The zero-order valence-electron chi connectivity index (χ0n) is 21.0. The second-order valence-corrected chi connectivity index (χ2v) is 9.69. The number of phenolic OH excluding ortho intramolecular Hbond substituents is 1.